The van der Waals surface area contributed by atoms with Crippen molar-refractivity contribution in [3.63, 3.8) is 0 Å². The summed E-state index contributed by atoms with van der Waals surface area (Å²) in [5, 5.41) is 6.59. The first kappa shape index (κ1) is 11.7. The largest absolute Gasteiger partial charge is 0.480 e. The number of hydrogen-bond donors (Lipinski definition) is 0. The van der Waals surface area contributed by atoms with Crippen LogP contribution in [0, 0.1) is 0 Å². The van der Waals surface area contributed by atoms with E-state index < -0.39 is 6.43 Å². The van der Waals surface area contributed by atoms with Crippen molar-refractivity contribution >= 4 is 0 Å². The molecule has 3 nitrogen and oxygen atoms in total. The van der Waals surface area contributed by atoms with Gasteiger partial charge in [0.1, 0.15) is 5.69 Å². The molecule has 0 aliphatic rings. The molecule has 0 atom stereocenters. The van der Waals surface area contributed by atoms with Gasteiger partial charge in [-0.15, -0.1) is 10.2 Å². The first-order valence-corrected chi connectivity index (χ1v) is 3.90. The maximum atomic E-state index is 11.9. The molecule has 1 heterocycles. The van der Waals surface area contributed by atoms with Gasteiger partial charge in [0.25, 0.3) is 6.43 Å². The van der Waals surface area contributed by atoms with Gasteiger partial charge in [-0.25, -0.2) is 8.78 Å². The molecule has 0 radical (unpaired) electrons. The number of ether oxygens (including phenoxy) is 1. The lowest BCUT2D eigenvalue weighted by molar-refractivity contribution is 0.144. The summed E-state index contributed by atoms with van der Waals surface area (Å²) in [5.74, 6) is 0.231. The molecule has 74 valence electrons. The van der Waals surface area contributed by atoms with E-state index in [1.807, 2.05) is 13.8 Å². The molecule has 0 unspecified atom stereocenters. The van der Waals surface area contributed by atoms with Crippen molar-refractivity contribution in [2.75, 3.05) is 7.11 Å². The molecular formula is C8H12F2N2O. The topological polar surface area (TPSA) is 35.0 Å². The molecule has 0 aromatic carbocycles. The maximum absolute atomic E-state index is 11.9. The molecule has 0 amide bonds. The molecule has 5 heteroatoms. The van der Waals surface area contributed by atoms with Crippen molar-refractivity contribution in [3.8, 4) is 5.88 Å². The fourth-order valence-electron chi connectivity index (χ4n) is 0.556. The number of alkyl halides is 2. The molecule has 1 aromatic heterocycles. The van der Waals surface area contributed by atoms with E-state index >= 15 is 0 Å². The molecule has 1 rings (SSSR count). The van der Waals surface area contributed by atoms with Crippen molar-refractivity contribution in [3.05, 3.63) is 17.8 Å². The lowest BCUT2D eigenvalue weighted by Crippen LogP contribution is -1.95. The Morgan fingerprint density at radius 3 is 2.15 bits per heavy atom. The lowest BCUT2D eigenvalue weighted by atomic mass is 10.4. The molecule has 13 heavy (non-hydrogen) atoms. The predicted molar refractivity (Wildman–Crippen MR) is 44.9 cm³/mol. The molecule has 0 N–H and O–H groups in total. The van der Waals surface area contributed by atoms with Crippen molar-refractivity contribution < 1.29 is 13.5 Å². The summed E-state index contributed by atoms with van der Waals surface area (Å²) in [4.78, 5) is 0. The van der Waals surface area contributed by atoms with Crippen LogP contribution in [0.3, 0.4) is 0 Å². The quantitative estimate of drug-likeness (QED) is 0.718. The Morgan fingerprint density at radius 2 is 1.85 bits per heavy atom. The molecule has 0 saturated heterocycles. The van der Waals surface area contributed by atoms with Crippen molar-refractivity contribution in [2.45, 2.75) is 20.3 Å². The highest BCUT2D eigenvalue weighted by atomic mass is 19.3. The van der Waals surface area contributed by atoms with Crippen molar-refractivity contribution in [1.82, 2.24) is 10.2 Å². The van der Waals surface area contributed by atoms with Gasteiger partial charge in [-0.05, 0) is 6.07 Å². The van der Waals surface area contributed by atoms with Crippen LogP contribution in [-0.2, 0) is 0 Å². The van der Waals surface area contributed by atoms with E-state index in [0.717, 1.165) is 0 Å². The summed E-state index contributed by atoms with van der Waals surface area (Å²) in [6.45, 7) is 4.00. The lowest BCUT2D eigenvalue weighted by Gasteiger charge is -1.98. The minimum absolute atomic E-state index is 0.231. The minimum Gasteiger partial charge on any atom is -0.480 e. The van der Waals surface area contributed by atoms with Gasteiger partial charge in [0.2, 0.25) is 5.88 Å². The summed E-state index contributed by atoms with van der Waals surface area (Å²) in [7, 11) is 1.39. The Morgan fingerprint density at radius 1 is 1.23 bits per heavy atom. The van der Waals surface area contributed by atoms with E-state index in [1.54, 1.807) is 0 Å². The highest BCUT2D eigenvalue weighted by molar-refractivity contribution is 5.11. The summed E-state index contributed by atoms with van der Waals surface area (Å²) >= 11 is 0. The smallest absolute Gasteiger partial charge is 0.282 e. The van der Waals surface area contributed by atoms with Crippen molar-refractivity contribution in [1.29, 1.82) is 0 Å². The van der Waals surface area contributed by atoms with E-state index in [1.165, 1.54) is 19.2 Å². The first-order valence-electron chi connectivity index (χ1n) is 3.90. The third-order valence-electron chi connectivity index (χ3n) is 1.09. The van der Waals surface area contributed by atoms with Crippen LogP contribution in [0.2, 0.25) is 0 Å². The zero-order valence-electron chi connectivity index (χ0n) is 7.79. The molecule has 0 aliphatic carbocycles. The molecule has 0 saturated carbocycles. The first-order chi connectivity index (χ1) is 6.24. The number of aromatic nitrogens is 2. The van der Waals surface area contributed by atoms with Gasteiger partial charge in [-0.2, -0.15) is 0 Å². The van der Waals surface area contributed by atoms with Gasteiger partial charge < -0.3 is 4.74 Å². The van der Waals surface area contributed by atoms with Crippen LogP contribution in [0.5, 0.6) is 5.88 Å². The predicted octanol–water partition coefficient (Wildman–Crippen LogP) is 2.45. The van der Waals surface area contributed by atoms with E-state index in [0.29, 0.717) is 0 Å². The second-order valence-electron chi connectivity index (χ2n) is 1.80. The van der Waals surface area contributed by atoms with Crippen LogP contribution in [0.25, 0.3) is 0 Å². The van der Waals surface area contributed by atoms with Gasteiger partial charge in [0.15, 0.2) is 0 Å². The second-order valence-corrected chi connectivity index (χ2v) is 1.80. The fourth-order valence-corrected chi connectivity index (χ4v) is 0.556. The van der Waals surface area contributed by atoms with Gasteiger partial charge in [-0.1, -0.05) is 13.8 Å². The Hall–Kier alpha value is -1.26. The average Bonchev–Trinajstić information content (AvgIpc) is 2.21. The Balaban J connectivity index is 0.000000671. The minimum atomic E-state index is -2.58. The van der Waals surface area contributed by atoms with Crippen molar-refractivity contribution in [2.24, 2.45) is 0 Å². The van der Waals surface area contributed by atoms with Crippen LogP contribution < -0.4 is 4.74 Å². The fraction of sp³-hybridized carbons (Fsp3) is 0.500. The third-order valence-corrected chi connectivity index (χ3v) is 1.09. The van der Waals surface area contributed by atoms with E-state index in [2.05, 4.69) is 14.9 Å². The van der Waals surface area contributed by atoms with Crippen LogP contribution >= 0.6 is 0 Å². The number of nitrogens with zero attached hydrogens (tertiary/aromatic N) is 2. The molecule has 0 aliphatic heterocycles. The standard InChI is InChI=1S/C6H6F2N2O.C2H6/c1-11-5-3-2-4(6(7)8)9-10-5;1-2/h2-3,6H,1H3;1-2H3. The summed E-state index contributed by atoms with van der Waals surface area (Å²) in [5.41, 5.74) is -0.342. The van der Waals surface area contributed by atoms with Gasteiger partial charge in [0.05, 0.1) is 7.11 Å². The average molecular weight is 190 g/mol. The number of rotatable bonds is 2. The van der Waals surface area contributed by atoms with Gasteiger partial charge in [0, 0.05) is 6.07 Å². The SMILES string of the molecule is CC.COc1ccc(C(F)F)nn1. The van der Waals surface area contributed by atoms with E-state index in [-0.39, 0.29) is 11.6 Å². The van der Waals surface area contributed by atoms with Gasteiger partial charge >= 0.3 is 0 Å². The van der Waals surface area contributed by atoms with Crippen LogP contribution in [0.15, 0.2) is 12.1 Å². The van der Waals surface area contributed by atoms with E-state index in [4.69, 9.17) is 0 Å². The normalized spacial score (nSPS) is 9.08. The maximum Gasteiger partial charge on any atom is 0.282 e. The van der Waals surface area contributed by atoms with E-state index in [9.17, 15) is 8.78 Å². The third kappa shape index (κ3) is 3.78. The Labute approximate surface area is 75.7 Å². The highest BCUT2D eigenvalue weighted by Gasteiger charge is 2.08. The molecular weight excluding hydrogens is 178 g/mol. The molecule has 1 aromatic rings. The summed E-state index contributed by atoms with van der Waals surface area (Å²) in [6, 6.07) is 2.52. The molecule has 0 spiro atoms. The summed E-state index contributed by atoms with van der Waals surface area (Å²) in [6.07, 6.45) is -2.58. The highest BCUT2D eigenvalue weighted by Crippen LogP contribution is 2.15. The second kappa shape index (κ2) is 6.28. The number of hydrogen-bond acceptors (Lipinski definition) is 3. The Kier molecular flexibility index (Phi) is 5.67. The van der Waals surface area contributed by atoms with Crippen LogP contribution in [0.1, 0.15) is 26.0 Å². The Bertz CT molecular complexity index is 226. The number of methoxy groups -OCH3 is 1. The van der Waals surface area contributed by atoms with Crippen LogP contribution in [-0.4, -0.2) is 17.3 Å². The zero-order chi connectivity index (χ0) is 10.3. The monoisotopic (exact) mass is 190 g/mol. The van der Waals surface area contributed by atoms with Gasteiger partial charge in [-0.3, -0.25) is 0 Å². The number of halogens is 2. The molecule has 0 fully saturated rings. The summed E-state index contributed by atoms with van der Waals surface area (Å²) < 4.78 is 28.3. The zero-order valence-corrected chi connectivity index (χ0v) is 7.79. The molecule has 0 bridgehead atoms. The van der Waals surface area contributed by atoms with Crippen LogP contribution in [0.4, 0.5) is 8.78 Å².